The second-order valence-electron chi connectivity index (χ2n) is 4.00. The van der Waals surface area contributed by atoms with Gasteiger partial charge in [-0.05, 0) is 19.9 Å². The lowest BCUT2D eigenvalue weighted by Crippen LogP contribution is -2.05. The van der Waals surface area contributed by atoms with Crippen molar-refractivity contribution in [2.75, 3.05) is 5.73 Å². The van der Waals surface area contributed by atoms with Gasteiger partial charge in [-0.2, -0.15) is 0 Å². The van der Waals surface area contributed by atoms with Crippen LogP contribution in [0.2, 0.25) is 5.02 Å². The molecule has 0 fully saturated rings. The second kappa shape index (κ2) is 5.18. The molecule has 5 nitrogen and oxygen atoms in total. The average Bonchev–Trinajstić information content (AvgIpc) is 2.32. The van der Waals surface area contributed by atoms with Gasteiger partial charge in [0, 0.05) is 11.8 Å². The molecule has 2 N–H and O–H groups in total. The van der Waals surface area contributed by atoms with Crippen LogP contribution in [0.3, 0.4) is 0 Å². The van der Waals surface area contributed by atoms with Crippen LogP contribution in [0.1, 0.15) is 13.8 Å². The summed E-state index contributed by atoms with van der Waals surface area (Å²) in [5, 5.41) is 0.320. The summed E-state index contributed by atoms with van der Waals surface area (Å²) in [6, 6.07) is 1.82. The highest BCUT2D eigenvalue weighted by Gasteiger charge is 2.10. The third-order valence-corrected chi connectivity index (χ3v) is 2.55. The third-order valence-electron chi connectivity index (χ3n) is 2.17. The Labute approximate surface area is 110 Å². The van der Waals surface area contributed by atoms with Gasteiger partial charge in [-0.25, -0.2) is 9.97 Å². The van der Waals surface area contributed by atoms with E-state index in [2.05, 4.69) is 15.0 Å². The van der Waals surface area contributed by atoms with Gasteiger partial charge in [-0.15, -0.1) is 0 Å². The van der Waals surface area contributed by atoms with Crippen LogP contribution in [-0.2, 0) is 0 Å². The van der Waals surface area contributed by atoms with Crippen LogP contribution in [-0.4, -0.2) is 21.1 Å². The maximum atomic E-state index is 6.07. The van der Waals surface area contributed by atoms with Gasteiger partial charge in [-0.1, -0.05) is 11.6 Å². The van der Waals surface area contributed by atoms with Gasteiger partial charge in [-0.3, -0.25) is 4.98 Å². The quantitative estimate of drug-likeness (QED) is 0.922. The van der Waals surface area contributed by atoms with E-state index >= 15 is 0 Å². The molecule has 0 aromatic carbocycles. The van der Waals surface area contributed by atoms with E-state index < -0.39 is 0 Å². The number of nitrogens with zero attached hydrogens (tertiary/aromatic N) is 3. The van der Waals surface area contributed by atoms with E-state index in [4.69, 9.17) is 22.1 Å². The fourth-order valence-corrected chi connectivity index (χ4v) is 1.68. The van der Waals surface area contributed by atoms with E-state index in [0.29, 0.717) is 16.5 Å². The Morgan fingerprint density at radius 1 is 1.28 bits per heavy atom. The van der Waals surface area contributed by atoms with Gasteiger partial charge in [0.05, 0.1) is 18.0 Å². The van der Waals surface area contributed by atoms with Crippen molar-refractivity contribution in [2.45, 2.75) is 20.0 Å². The van der Waals surface area contributed by atoms with Crippen LogP contribution in [0.4, 0.5) is 5.82 Å². The van der Waals surface area contributed by atoms with E-state index in [0.717, 1.165) is 5.56 Å². The SMILES string of the molecule is CC(C)Oc1cncc(-c2ncnc(N)c2Cl)c1. The van der Waals surface area contributed by atoms with E-state index in [1.165, 1.54) is 6.33 Å². The summed E-state index contributed by atoms with van der Waals surface area (Å²) in [4.78, 5) is 12.0. The Morgan fingerprint density at radius 3 is 2.78 bits per heavy atom. The minimum absolute atomic E-state index is 0.0768. The van der Waals surface area contributed by atoms with Crippen LogP contribution in [0.5, 0.6) is 5.75 Å². The molecule has 0 spiro atoms. The molecule has 0 aliphatic heterocycles. The first kappa shape index (κ1) is 12.6. The number of anilines is 1. The zero-order chi connectivity index (χ0) is 13.1. The number of halogens is 1. The molecular formula is C12H13ClN4O. The van der Waals surface area contributed by atoms with Crippen LogP contribution >= 0.6 is 11.6 Å². The minimum atomic E-state index is 0.0768. The Kier molecular flexibility index (Phi) is 3.62. The summed E-state index contributed by atoms with van der Waals surface area (Å²) >= 11 is 6.07. The largest absolute Gasteiger partial charge is 0.489 e. The predicted octanol–water partition coefficient (Wildman–Crippen LogP) is 2.56. The highest BCUT2D eigenvalue weighted by molar-refractivity contribution is 6.35. The maximum Gasteiger partial charge on any atom is 0.146 e. The molecule has 0 unspecified atom stereocenters. The molecule has 2 aromatic rings. The van der Waals surface area contributed by atoms with Gasteiger partial charge in [0.15, 0.2) is 0 Å². The molecule has 2 heterocycles. The zero-order valence-corrected chi connectivity index (χ0v) is 10.8. The predicted molar refractivity (Wildman–Crippen MR) is 70.4 cm³/mol. The molecule has 0 saturated heterocycles. The van der Waals surface area contributed by atoms with E-state index in [-0.39, 0.29) is 11.9 Å². The Morgan fingerprint density at radius 2 is 2.06 bits per heavy atom. The Balaban J connectivity index is 2.41. The average molecular weight is 265 g/mol. The Hall–Kier alpha value is -1.88. The molecule has 2 aromatic heterocycles. The molecule has 6 heteroatoms. The monoisotopic (exact) mass is 264 g/mol. The third kappa shape index (κ3) is 2.68. The topological polar surface area (TPSA) is 73.9 Å². The second-order valence-corrected chi connectivity index (χ2v) is 4.38. The van der Waals surface area contributed by atoms with Crippen molar-refractivity contribution in [1.82, 2.24) is 15.0 Å². The zero-order valence-electron chi connectivity index (χ0n) is 10.1. The van der Waals surface area contributed by atoms with Gasteiger partial charge in [0.2, 0.25) is 0 Å². The summed E-state index contributed by atoms with van der Waals surface area (Å²) in [6.45, 7) is 3.89. The lowest BCUT2D eigenvalue weighted by Gasteiger charge is -2.10. The highest BCUT2D eigenvalue weighted by Crippen LogP contribution is 2.30. The maximum absolute atomic E-state index is 6.07. The molecule has 2 rings (SSSR count). The van der Waals surface area contributed by atoms with Crippen molar-refractivity contribution >= 4 is 17.4 Å². The number of nitrogen functional groups attached to an aromatic ring is 1. The summed E-state index contributed by atoms with van der Waals surface area (Å²) in [6.07, 6.45) is 4.74. The number of nitrogens with two attached hydrogens (primary N) is 1. The number of rotatable bonds is 3. The number of pyridine rings is 1. The van der Waals surface area contributed by atoms with Gasteiger partial charge in [0.25, 0.3) is 0 Å². The molecule has 0 aliphatic rings. The van der Waals surface area contributed by atoms with Crippen LogP contribution < -0.4 is 10.5 Å². The first-order valence-corrected chi connectivity index (χ1v) is 5.83. The molecule has 18 heavy (non-hydrogen) atoms. The molecular weight excluding hydrogens is 252 g/mol. The summed E-state index contributed by atoms with van der Waals surface area (Å²) in [5.41, 5.74) is 6.93. The van der Waals surface area contributed by atoms with Crippen molar-refractivity contribution in [3.63, 3.8) is 0 Å². The summed E-state index contributed by atoms with van der Waals surface area (Å²) in [5.74, 6) is 0.910. The molecule has 0 saturated carbocycles. The number of aromatic nitrogens is 3. The summed E-state index contributed by atoms with van der Waals surface area (Å²) < 4.78 is 5.57. The van der Waals surface area contributed by atoms with Crippen LogP contribution in [0, 0.1) is 0 Å². The van der Waals surface area contributed by atoms with Crippen molar-refractivity contribution in [3.8, 4) is 17.0 Å². The fraction of sp³-hybridized carbons (Fsp3) is 0.250. The van der Waals surface area contributed by atoms with Crippen molar-refractivity contribution in [1.29, 1.82) is 0 Å². The first-order chi connectivity index (χ1) is 8.58. The molecule has 0 bridgehead atoms. The van der Waals surface area contributed by atoms with Gasteiger partial charge >= 0.3 is 0 Å². The van der Waals surface area contributed by atoms with E-state index in [1.807, 2.05) is 19.9 Å². The minimum Gasteiger partial charge on any atom is -0.489 e. The Bertz CT molecular complexity index is 560. The van der Waals surface area contributed by atoms with Crippen LogP contribution in [0.15, 0.2) is 24.8 Å². The van der Waals surface area contributed by atoms with Crippen molar-refractivity contribution in [2.24, 2.45) is 0 Å². The molecule has 0 amide bonds. The highest BCUT2D eigenvalue weighted by atomic mass is 35.5. The fourth-order valence-electron chi connectivity index (χ4n) is 1.47. The van der Waals surface area contributed by atoms with Gasteiger partial charge < -0.3 is 10.5 Å². The van der Waals surface area contributed by atoms with Crippen molar-refractivity contribution in [3.05, 3.63) is 29.8 Å². The molecule has 0 radical (unpaired) electrons. The molecule has 0 atom stereocenters. The first-order valence-electron chi connectivity index (χ1n) is 5.46. The number of hydrogen-bond donors (Lipinski definition) is 1. The lowest BCUT2D eigenvalue weighted by molar-refractivity contribution is 0.241. The van der Waals surface area contributed by atoms with E-state index in [1.54, 1.807) is 12.4 Å². The smallest absolute Gasteiger partial charge is 0.146 e. The summed E-state index contributed by atoms with van der Waals surface area (Å²) in [7, 11) is 0. The van der Waals surface area contributed by atoms with Crippen molar-refractivity contribution < 1.29 is 4.74 Å². The number of ether oxygens (including phenoxy) is 1. The standard InChI is InChI=1S/C12H13ClN4O/c1-7(2)18-9-3-8(4-15-5-9)11-10(13)12(14)17-6-16-11/h3-7H,1-2H3,(H2,14,16,17). The van der Waals surface area contributed by atoms with Crippen LogP contribution in [0.25, 0.3) is 11.3 Å². The van der Waals surface area contributed by atoms with Gasteiger partial charge in [0.1, 0.15) is 22.9 Å². The lowest BCUT2D eigenvalue weighted by atomic mass is 10.2. The van der Waals surface area contributed by atoms with E-state index in [9.17, 15) is 0 Å². The molecule has 94 valence electrons. The normalized spacial score (nSPS) is 10.7. The number of hydrogen-bond acceptors (Lipinski definition) is 5. The molecule has 0 aliphatic carbocycles.